The van der Waals surface area contributed by atoms with Crippen molar-refractivity contribution in [3.05, 3.63) is 29.8 Å². The fraction of sp³-hybridized carbons (Fsp3) is 0.723. The Bertz CT molecular complexity index is 1720. The number of hydrogen-bond acceptors (Lipinski definition) is 11. The first-order valence-electron chi connectivity index (χ1n) is 22.8. The van der Waals surface area contributed by atoms with Gasteiger partial charge in [0.1, 0.15) is 36.0 Å². The van der Waals surface area contributed by atoms with E-state index >= 15 is 0 Å². The summed E-state index contributed by atoms with van der Waals surface area (Å²) in [6.45, 7) is 16.7. The normalized spacial score (nSPS) is 27.3. The largest absolute Gasteiger partial charge is 0.497 e. The van der Waals surface area contributed by atoms with Gasteiger partial charge >= 0.3 is 5.97 Å². The number of carbonyl (C=O) groups is 7. The minimum absolute atomic E-state index is 0.0103. The van der Waals surface area contributed by atoms with E-state index in [2.05, 4.69) is 21.3 Å². The number of ketones is 1. The van der Waals surface area contributed by atoms with E-state index in [1.165, 1.54) is 30.9 Å². The monoisotopic (exact) mass is 885 g/mol. The number of cyclic esters (lactones) is 1. The van der Waals surface area contributed by atoms with Crippen LogP contribution in [-0.2, 0) is 44.7 Å². The summed E-state index contributed by atoms with van der Waals surface area (Å²) in [4.78, 5) is 102. The molecule has 10 atom stereocenters. The zero-order valence-electron chi connectivity index (χ0n) is 39.7. The minimum Gasteiger partial charge on any atom is -0.497 e. The highest BCUT2D eigenvalue weighted by Crippen LogP contribution is 2.26. The van der Waals surface area contributed by atoms with Crippen molar-refractivity contribution in [3.63, 3.8) is 0 Å². The molecule has 0 saturated carbocycles. The highest BCUT2D eigenvalue weighted by molar-refractivity contribution is 5.96. The highest BCUT2D eigenvalue weighted by Gasteiger charge is 2.44. The number of hydrogen-bond donors (Lipinski definition) is 5. The number of amides is 5. The SMILES string of the molecule is CC[C@H](C)[C@H]1NC(=O)[C@@H](CC(=O)[C@@H](CC(C)C)NC)[C@@H](C)OC(=O)[C@H](Cc2ccc(OC)cc2)N(C)C(=O)[C@@H]2CCCN2C(=O)[C@H](CC(C)C)NC(=O)[C@H](C(C)C)NC(=O)C[C@@H]1O. The van der Waals surface area contributed by atoms with Crippen molar-refractivity contribution in [2.24, 2.45) is 29.6 Å². The lowest BCUT2D eigenvalue weighted by molar-refractivity contribution is -0.163. The lowest BCUT2D eigenvalue weighted by Gasteiger charge is -2.35. The Morgan fingerprint density at radius 2 is 1.59 bits per heavy atom. The molecule has 16 nitrogen and oxygen atoms in total. The van der Waals surface area contributed by atoms with Gasteiger partial charge in [-0.2, -0.15) is 0 Å². The molecule has 0 unspecified atom stereocenters. The topological polar surface area (TPSA) is 213 Å². The molecule has 5 N–H and O–H groups in total. The summed E-state index contributed by atoms with van der Waals surface area (Å²) in [6, 6.07) is 1.14. The van der Waals surface area contributed by atoms with Gasteiger partial charge in [0, 0.05) is 26.4 Å². The van der Waals surface area contributed by atoms with Crippen LogP contribution >= 0.6 is 0 Å². The molecule has 0 bridgehead atoms. The standard InChI is InChI=1S/C47H76N6O10/c1-13-29(8)42-39(55)25-40(56)50-41(28(6)7)44(58)49-35(22-27(4)5)45(59)53-20-14-15-36(53)46(60)52(11)37(23-31-16-18-32(62-12)19-17-31)47(61)63-30(9)33(43(57)51-42)24-38(54)34(48-10)21-26(2)3/h16-19,26-30,33-37,39,41-42,48,55H,13-15,20-25H2,1-12H3,(H,49,58)(H,50,56)(H,51,57)/t29-,30+,33-,34+,35-,36-,37-,39-,41-,42+/m0/s1. The molecule has 2 aliphatic heterocycles. The number of fused-ring (bicyclic) bond motifs is 1. The van der Waals surface area contributed by atoms with E-state index in [9.17, 15) is 38.7 Å². The van der Waals surface area contributed by atoms with Crippen molar-refractivity contribution < 1.29 is 48.1 Å². The van der Waals surface area contributed by atoms with Crippen molar-refractivity contribution in [1.82, 2.24) is 31.1 Å². The maximum atomic E-state index is 14.6. The number of Topliss-reactive ketones (excluding diaryl/α,β-unsaturated/α-hetero) is 1. The van der Waals surface area contributed by atoms with E-state index < -0.39 is 102 Å². The van der Waals surface area contributed by atoms with Crippen LogP contribution in [0.1, 0.15) is 113 Å². The summed E-state index contributed by atoms with van der Waals surface area (Å²) in [5.41, 5.74) is 0.679. The first-order chi connectivity index (χ1) is 29.6. The number of rotatable bonds is 14. The molecule has 3 rings (SSSR count). The Labute approximate surface area is 374 Å². The van der Waals surface area contributed by atoms with Crippen LogP contribution in [0.3, 0.4) is 0 Å². The Kier molecular flexibility index (Phi) is 20.5. The van der Waals surface area contributed by atoms with E-state index in [1.807, 2.05) is 41.5 Å². The van der Waals surface area contributed by atoms with E-state index in [4.69, 9.17) is 9.47 Å². The molecule has 2 saturated heterocycles. The quantitative estimate of drug-likeness (QED) is 0.171. The second-order valence-electron chi connectivity index (χ2n) is 18.8. The molecule has 2 fully saturated rings. The number of aliphatic hydroxyl groups excluding tert-OH is 1. The molecule has 2 heterocycles. The van der Waals surface area contributed by atoms with Crippen molar-refractivity contribution in [2.45, 2.75) is 162 Å². The van der Waals surface area contributed by atoms with Gasteiger partial charge in [0.05, 0.1) is 37.6 Å². The van der Waals surface area contributed by atoms with Gasteiger partial charge in [-0.25, -0.2) is 4.79 Å². The predicted molar refractivity (Wildman–Crippen MR) is 239 cm³/mol. The van der Waals surface area contributed by atoms with Crippen LogP contribution in [0.15, 0.2) is 24.3 Å². The van der Waals surface area contributed by atoms with Crippen LogP contribution in [0.25, 0.3) is 0 Å². The van der Waals surface area contributed by atoms with Gasteiger partial charge in [-0.1, -0.05) is 73.9 Å². The van der Waals surface area contributed by atoms with E-state index in [0.29, 0.717) is 37.0 Å². The summed E-state index contributed by atoms with van der Waals surface area (Å²) in [6.07, 6.45) is -1.32. The predicted octanol–water partition coefficient (Wildman–Crippen LogP) is 3.16. The maximum Gasteiger partial charge on any atom is 0.329 e. The van der Waals surface area contributed by atoms with Gasteiger partial charge in [0.15, 0.2) is 5.78 Å². The Morgan fingerprint density at radius 1 is 0.937 bits per heavy atom. The van der Waals surface area contributed by atoms with E-state index in [0.717, 1.165) is 0 Å². The molecular weight excluding hydrogens is 809 g/mol. The number of benzene rings is 1. The summed E-state index contributed by atoms with van der Waals surface area (Å²) < 4.78 is 11.5. The molecule has 63 heavy (non-hydrogen) atoms. The third-order valence-corrected chi connectivity index (χ3v) is 12.5. The molecule has 0 radical (unpaired) electrons. The third-order valence-electron chi connectivity index (χ3n) is 12.5. The fourth-order valence-electron chi connectivity index (χ4n) is 8.48. The van der Waals surface area contributed by atoms with Crippen LogP contribution < -0.4 is 26.0 Å². The molecule has 2 aliphatic rings. The fourth-order valence-corrected chi connectivity index (χ4v) is 8.48. The summed E-state index contributed by atoms with van der Waals surface area (Å²) >= 11 is 0. The van der Waals surface area contributed by atoms with Gasteiger partial charge < -0.3 is 45.6 Å². The van der Waals surface area contributed by atoms with Gasteiger partial charge in [-0.3, -0.25) is 28.8 Å². The van der Waals surface area contributed by atoms with Crippen LogP contribution in [0.5, 0.6) is 5.75 Å². The Morgan fingerprint density at radius 3 is 2.14 bits per heavy atom. The van der Waals surface area contributed by atoms with Crippen LogP contribution in [0, 0.1) is 29.6 Å². The second-order valence-corrected chi connectivity index (χ2v) is 18.8. The smallest absolute Gasteiger partial charge is 0.329 e. The minimum atomic E-state index is -1.41. The number of likely N-dealkylation sites (N-methyl/N-ethyl adjacent to an activating group) is 2. The zero-order valence-corrected chi connectivity index (χ0v) is 39.7. The molecule has 1 aromatic carbocycles. The number of methoxy groups -OCH3 is 1. The Hall–Kier alpha value is -4.57. The van der Waals surface area contributed by atoms with E-state index in [-0.39, 0.29) is 49.3 Å². The second kappa shape index (κ2) is 24.5. The van der Waals surface area contributed by atoms with Crippen molar-refractivity contribution in [3.8, 4) is 5.75 Å². The number of nitrogens with zero attached hydrogens (tertiary/aromatic N) is 2. The maximum absolute atomic E-state index is 14.6. The number of aliphatic hydroxyl groups is 1. The first-order valence-corrected chi connectivity index (χ1v) is 22.8. The number of carbonyl (C=O) groups excluding carboxylic acids is 7. The Balaban J connectivity index is 2.21. The average molecular weight is 885 g/mol. The van der Waals surface area contributed by atoms with Crippen molar-refractivity contribution in [2.75, 3.05) is 27.7 Å². The van der Waals surface area contributed by atoms with Crippen LogP contribution in [0.4, 0.5) is 0 Å². The summed E-state index contributed by atoms with van der Waals surface area (Å²) in [5, 5.41) is 23.2. The molecule has 0 spiro atoms. The number of nitrogens with one attached hydrogen (secondary N) is 4. The molecule has 354 valence electrons. The lowest BCUT2D eigenvalue weighted by Crippen LogP contribution is -2.59. The van der Waals surface area contributed by atoms with Crippen LogP contribution in [0.2, 0.25) is 0 Å². The van der Waals surface area contributed by atoms with Gasteiger partial charge in [0.2, 0.25) is 29.5 Å². The average Bonchev–Trinajstić information content (AvgIpc) is 3.72. The molecule has 0 aromatic heterocycles. The number of ether oxygens (including phenoxy) is 2. The van der Waals surface area contributed by atoms with Gasteiger partial charge in [-0.15, -0.1) is 0 Å². The molecule has 1 aromatic rings. The molecule has 16 heteroatoms. The zero-order chi connectivity index (χ0) is 47.3. The number of esters is 1. The summed E-state index contributed by atoms with van der Waals surface area (Å²) in [7, 11) is 4.68. The van der Waals surface area contributed by atoms with E-state index in [1.54, 1.807) is 45.2 Å². The van der Waals surface area contributed by atoms with Gasteiger partial charge in [0.25, 0.3) is 0 Å². The molecule has 0 aliphatic carbocycles. The third kappa shape index (κ3) is 14.7. The van der Waals surface area contributed by atoms with Crippen molar-refractivity contribution >= 4 is 41.3 Å². The van der Waals surface area contributed by atoms with Crippen LogP contribution in [-0.4, -0.2) is 132 Å². The highest BCUT2D eigenvalue weighted by atomic mass is 16.5. The molecular formula is C47H76N6O10. The molecule has 5 amide bonds. The lowest BCUT2D eigenvalue weighted by atomic mass is 9.88. The van der Waals surface area contributed by atoms with Crippen molar-refractivity contribution in [1.29, 1.82) is 0 Å². The van der Waals surface area contributed by atoms with Gasteiger partial charge in [-0.05, 0) is 81.0 Å². The summed E-state index contributed by atoms with van der Waals surface area (Å²) in [5.74, 6) is -5.26. The first kappa shape index (κ1) is 52.8.